The van der Waals surface area contributed by atoms with Gasteiger partial charge < -0.3 is 4.74 Å². The summed E-state index contributed by atoms with van der Waals surface area (Å²) in [6, 6.07) is 12.9. The minimum Gasteiger partial charge on any atom is -0.471 e. The Morgan fingerprint density at radius 2 is 1.83 bits per heavy atom. The predicted molar refractivity (Wildman–Crippen MR) is 88.8 cm³/mol. The fourth-order valence-corrected chi connectivity index (χ4v) is 2.16. The zero-order valence-corrected chi connectivity index (χ0v) is 13.4. The predicted octanol–water partition coefficient (Wildman–Crippen LogP) is 2.58. The van der Waals surface area contributed by atoms with Crippen molar-refractivity contribution in [1.82, 2.24) is 19.7 Å². The summed E-state index contributed by atoms with van der Waals surface area (Å²) in [5.74, 6) is 0.647. The number of carbonyl (C=O) groups is 1. The number of para-hydroxylation sites is 1. The van der Waals surface area contributed by atoms with E-state index in [0.717, 1.165) is 17.1 Å². The first-order chi connectivity index (χ1) is 11.6. The number of anilines is 1. The summed E-state index contributed by atoms with van der Waals surface area (Å²) in [4.78, 5) is 20.6. The molecular weight excluding hydrogens is 306 g/mol. The van der Waals surface area contributed by atoms with Crippen LogP contribution in [0.5, 0.6) is 5.75 Å². The molecule has 0 aliphatic rings. The average Bonchev–Trinajstić information content (AvgIpc) is 3.02. The van der Waals surface area contributed by atoms with Gasteiger partial charge in [-0.15, -0.1) is 0 Å². The second kappa shape index (κ2) is 6.91. The van der Waals surface area contributed by atoms with Crippen molar-refractivity contribution in [3.05, 3.63) is 65.7 Å². The molecular formula is C17H17N5O2. The molecule has 2 heterocycles. The van der Waals surface area contributed by atoms with Gasteiger partial charge in [-0.05, 0) is 38.1 Å². The molecule has 0 fully saturated rings. The molecule has 0 aliphatic carbocycles. The Labute approximate surface area is 139 Å². The van der Waals surface area contributed by atoms with Crippen LogP contribution in [0.4, 0.5) is 5.95 Å². The topological polar surface area (TPSA) is 81.9 Å². The van der Waals surface area contributed by atoms with Crippen molar-refractivity contribution in [2.24, 2.45) is 0 Å². The summed E-state index contributed by atoms with van der Waals surface area (Å²) < 4.78 is 7.12. The lowest BCUT2D eigenvalue weighted by Gasteiger charge is -2.06. The van der Waals surface area contributed by atoms with E-state index in [-0.39, 0.29) is 24.3 Å². The quantitative estimate of drug-likeness (QED) is 0.780. The third kappa shape index (κ3) is 3.95. The van der Waals surface area contributed by atoms with Crippen molar-refractivity contribution in [1.29, 1.82) is 0 Å². The fraction of sp³-hybridized carbons (Fsp3) is 0.176. The van der Waals surface area contributed by atoms with Crippen molar-refractivity contribution in [2.75, 3.05) is 5.32 Å². The summed E-state index contributed by atoms with van der Waals surface area (Å²) in [7, 11) is 0. The van der Waals surface area contributed by atoms with Gasteiger partial charge in [-0.3, -0.25) is 10.1 Å². The van der Waals surface area contributed by atoms with Gasteiger partial charge in [0.2, 0.25) is 5.95 Å². The summed E-state index contributed by atoms with van der Waals surface area (Å²) in [6.07, 6.45) is 1.68. The van der Waals surface area contributed by atoms with Crippen LogP contribution in [0.25, 0.3) is 0 Å². The Balaban J connectivity index is 1.63. The fourth-order valence-electron chi connectivity index (χ4n) is 2.16. The summed E-state index contributed by atoms with van der Waals surface area (Å²) in [6.45, 7) is 3.91. The van der Waals surface area contributed by atoms with Crippen LogP contribution in [-0.4, -0.2) is 25.7 Å². The number of amides is 1. The van der Waals surface area contributed by atoms with E-state index < -0.39 is 0 Å². The van der Waals surface area contributed by atoms with Crippen molar-refractivity contribution in [3.63, 3.8) is 0 Å². The van der Waals surface area contributed by atoms with Crippen LogP contribution in [0, 0.1) is 13.8 Å². The highest BCUT2D eigenvalue weighted by molar-refractivity contribution is 6.01. The first kappa shape index (κ1) is 15.7. The molecule has 3 rings (SSSR count). The number of nitrogens with one attached hydrogen (secondary N) is 1. The van der Waals surface area contributed by atoms with E-state index in [2.05, 4.69) is 20.4 Å². The van der Waals surface area contributed by atoms with Crippen LogP contribution < -0.4 is 10.1 Å². The smallest absolute Gasteiger partial charge is 0.278 e. The summed E-state index contributed by atoms with van der Waals surface area (Å²) in [5.41, 5.74) is 1.86. The molecule has 2 aromatic heterocycles. The number of aryl methyl sites for hydroxylation is 2. The Kier molecular flexibility index (Phi) is 4.51. The standard InChI is InChI=1S/C17H17N5O2/c1-12-10-13(2)19-17(18-12)20-16(23)15-8-9-22(21-15)11-24-14-6-4-3-5-7-14/h3-10H,11H2,1-2H3,(H,18,19,20,23). The molecule has 7 nitrogen and oxygen atoms in total. The molecule has 1 N–H and O–H groups in total. The third-order valence-corrected chi connectivity index (χ3v) is 3.19. The van der Waals surface area contributed by atoms with Crippen molar-refractivity contribution in [3.8, 4) is 5.75 Å². The second-order valence-corrected chi connectivity index (χ2v) is 5.26. The Morgan fingerprint density at radius 1 is 1.12 bits per heavy atom. The third-order valence-electron chi connectivity index (χ3n) is 3.19. The zero-order valence-electron chi connectivity index (χ0n) is 13.4. The molecule has 122 valence electrons. The largest absolute Gasteiger partial charge is 0.471 e. The van der Waals surface area contributed by atoms with E-state index >= 15 is 0 Å². The maximum Gasteiger partial charge on any atom is 0.278 e. The van der Waals surface area contributed by atoms with Gasteiger partial charge >= 0.3 is 0 Å². The molecule has 0 unspecified atom stereocenters. The first-order valence-electron chi connectivity index (χ1n) is 7.45. The Bertz CT molecular complexity index is 825. The average molecular weight is 323 g/mol. The van der Waals surface area contributed by atoms with E-state index in [4.69, 9.17) is 4.74 Å². The van der Waals surface area contributed by atoms with Crippen LogP contribution in [0.2, 0.25) is 0 Å². The van der Waals surface area contributed by atoms with Crippen LogP contribution >= 0.6 is 0 Å². The second-order valence-electron chi connectivity index (χ2n) is 5.26. The van der Waals surface area contributed by atoms with E-state index in [1.165, 1.54) is 0 Å². The molecule has 7 heteroatoms. The molecule has 0 bridgehead atoms. The number of aromatic nitrogens is 4. The van der Waals surface area contributed by atoms with Gasteiger partial charge in [0.05, 0.1) is 0 Å². The highest BCUT2D eigenvalue weighted by Gasteiger charge is 2.12. The van der Waals surface area contributed by atoms with Crippen molar-refractivity contribution < 1.29 is 9.53 Å². The molecule has 24 heavy (non-hydrogen) atoms. The summed E-state index contributed by atoms with van der Waals surface area (Å²) >= 11 is 0. The number of benzene rings is 1. The maximum atomic E-state index is 12.2. The van der Waals surface area contributed by atoms with Gasteiger partial charge in [0.1, 0.15) is 5.75 Å². The molecule has 0 aliphatic heterocycles. The molecule has 1 aromatic carbocycles. The molecule has 0 atom stereocenters. The van der Waals surface area contributed by atoms with Crippen LogP contribution in [0.15, 0.2) is 48.7 Å². The van der Waals surface area contributed by atoms with Gasteiger partial charge in [0.25, 0.3) is 5.91 Å². The number of ether oxygens (including phenoxy) is 1. The molecule has 0 saturated carbocycles. The number of nitrogens with zero attached hydrogens (tertiary/aromatic N) is 4. The summed E-state index contributed by atoms with van der Waals surface area (Å²) in [5, 5.41) is 6.84. The van der Waals surface area contributed by atoms with Gasteiger partial charge in [-0.1, -0.05) is 18.2 Å². The van der Waals surface area contributed by atoms with Gasteiger partial charge in [-0.2, -0.15) is 5.10 Å². The monoisotopic (exact) mass is 323 g/mol. The lowest BCUT2D eigenvalue weighted by Crippen LogP contribution is -2.16. The Morgan fingerprint density at radius 3 is 2.54 bits per heavy atom. The highest BCUT2D eigenvalue weighted by atomic mass is 16.5. The van der Waals surface area contributed by atoms with Gasteiger partial charge in [0, 0.05) is 17.6 Å². The lowest BCUT2D eigenvalue weighted by atomic mass is 10.3. The normalized spacial score (nSPS) is 10.4. The van der Waals surface area contributed by atoms with Gasteiger partial charge in [-0.25, -0.2) is 14.6 Å². The maximum absolute atomic E-state index is 12.2. The number of carbonyl (C=O) groups excluding carboxylic acids is 1. The minimum atomic E-state index is -0.363. The number of rotatable bonds is 5. The van der Waals surface area contributed by atoms with E-state index in [9.17, 15) is 4.79 Å². The van der Waals surface area contributed by atoms with Crippen LogP contribution in [0.1, 0.15) is 21.9 Å². The number of hydrogen-bond acceptors (Lipinski definition) is 5. The number of hydrogen-bond donors (Lipinski definition) is 1. The molecule has 1 amide bonds. The molecule has 0 spiro atoms. The SMILES string of the molecule is Cc1cc(C)nc(NC(=O)c2ccn(COc3ccccc3)n2)n1. The zero-order chi connectivity index (χ0) is 16.9. The molecule has 0 radical (unpaired) electrons. The first-order valence-corrected chi connectivity index (χ1v) is 7.45. The van der Waals surface area contributed by atoms with Crippen LogP contribution in [0.3, 0.4) is 0 Å². The van der Waals surface area contributed by atoms with E-state index in [1.54, 1.807) is 16.9 Å². The molecule has 0 saturated heterocycles. The minimum absolute atomic E-state index is 0.220. The lowest BCUT2D eigenvalue weighted by molar-refractivity contribution is 0.101. The van der Waals surface area contributed by atoms with Crippen LogP contribution in [-0.2, 0) is 6.73 Å². The van der Waals surface area contributed by atoms with Crippen molar-refractivity contribution in [2.45, 2.75) is 20.6 Å². The van der Waals surface area contributed by atoms with E-state index in [0.29, 0.717) is 0 Å². The highest BCUT2D eigenvalue weighted by Crippen LogP contribution is 2.09. The molecule has 3 aromatic rings. The van der Waals surface area contributed by atoms with E-state index in [1.807, 2.05) is 50.2 Å². The van der Waals surface area contributed by atoms with Crippen molar-refractivity contribution >= 4 is 11.9 Å². The van der Waals surface area contributed by atoms with Gasteiger partial charge in [0.15, 0.2) is 12.4 Å². The Hall–Kier alpha value is -3.22.